The normalized spacial score (nSPS) is 14.4. The summed E-state index contributed by atoms with van der Waals surface area (Å²) in [7, 11) is -4.30. The number of unbranched alkanes of at least 4 members (excludes halogenated alkanes) is 11. The molecule has 0 amide bonds. The molecule has 0 saturated heterocycles. The average molecular weight is 842 g/mol. The molecule has 0 heterocycles. The summed E-state index contributed by atoms with van der Waals surface area (Å²) < 4.78 is 33.4. The second-order valence-electron chi connectivity index (χ2n) is 14.5. The molecule has 0 fully saturated rings. The number of phosphoric ester groups is 1. The van der Waals surface area contributed by atoms with Gasteiger partial charge in [0.1, 0.15) is 6.10 Å². The van der Waals surface area contributed by atoms with Gasteiger partial charge >= 0.3 is 13.8 Å². The molecule has 0 aromatic carbocycles. The second-order valence-corrected chi connectivity index (χ2v) is 16.0. The van der Waals surface area contributed by atoms with Crippen molar-refractivity contribution >= 4 is 13.8 Å². The molecule has 2 unspecified atom stereocenters. The van der Waals surface area contributed by atoms with E-state index >= 15 is 0 Å². The van der Waals surface area contributed by atoms with Gasteiger partial charge in [-0.25, -0.2) is 4.57 Å². The van der Waals surface area contributed by atoms with Crippen LogP contribution in [0.15, 0.2) is 109 Å². The fourth-order valence-corrected chi connectivity index (χ4v) is 6.36. The summed E-state index contributed by atoms with van der Waals surface area (Å²) in [6.07, 6.45) is 62.6. The van der Waals surface area contributed by atoms with E-state index < -0.39 is 13.9 Å². The van der Waals surface area contributed by atoms with Gasteiger partial charge in [-0.2, -0.15) is 0 Å². The lowest BCUT2D eigenvalue weighted by atomic mass is 10.1. The Morgan fingerprint density at radius 3 is 1.42 bits per heavy atom. The fraction of sp³-hybridized carbons (Fsp3) is 0.620. The van der Waals surface area contributed by atoms with Crippen molar-refractivity contribution in [3.63, 3.8) is 0 Å². The summed E-state index contributed by atoms with van der Waals surface area (Å²) in [5.74, 6) is -0.365. The highest BCUT2D eigenvalue weighted by molar-refractivity contribution is 7.47. The summed E-state index contributed by atoms with van der Waals surface area (Å²) >= 11 is 0. The van der Waals surface area contributed by atoms with Crippen molar-refractivity contribution in [1.82, 2.24) is 0 Å². The summed E-state index contributed by atoms with van der Waals surface area (Å²) in [4.78, 5) is 22.5. The summed E-state index contributed by atoms with van der Waals surface area (Å²) in [5, 5.41) is 0. The summed E-state index contributed by atoms with van der Waals surface area (Å²) in [6, 6.07) is 0. The lowest BCUT2D eigenvalue weighted by Crippen LogP contribution is -2.28. The average Bonchev–Trinajstić information content (AvgIpc) is 3.23. The number of phosphoric acid groups is 1. The molecule has 336 valence electrons. The quantitative estimate of drug-likeness (QED) is 0.0270. The molecule has 2 atom stereocenters. The highest BCUT2D eigenvalue weighted by Crippen LogP contribution is 2.43. The minimum absolute atomic E-state index is 0.0728. The van der Waals surface area contributed by atoms with Crippen LogP contribution in [0.3, 0.4) is 0 Å². The smallest absolute Gasteiger partial charge is 0.457 e. The molecule has 0 aromatic heterocycles. The second kappa shape index (κ2) is 46.2. The molecule has 0 saturated carbocycles. The van der Waals surface area contributed by atoms with Crippen molar-refractivity contribution in [2.45, 2.75) is 168 Å². The minimum atomic E-state index is -4.30. The molecule has 0 radical (unpaired) electrons. The minimum Gasteiger partial charge on any atom is -0.457 e. The van der Waals surface area contributed by atoms with Crippen LogP contribution in [0.2, 0.25) is 0 Å². The van der Waals surface area contributed by atoms with Gasteiger partial charge in [0.2, 0.25) is 0 Å². The number of hydrogen-bond donors (Lipinski definition) is 2. The SMILES string of the molecule is CC/C=C\C/C=C\C/C=C\C/C=C\C/C=C\C/C=C\C/C=C\CCCCOCC(COP(=O)(O)OCCN)OC(=O)CCCCCCC/C=C\C/C=C\CCCCCC. The van der Waals surface area contributed by atoms with Crippen LogP contribution < -0.4 is 5.73 Å². The van der Waals surface area contributed by atoms with E-state index in [0.29, 0.717) is 6.61 Å². The highest BCUT2D eigenvalue weighted by Gasteiger charge is 2.25. The van der Waals surface area contributed by atoms with Crippen LogP contribution in [0.25, 0.3) is 0 Å². The summed E-state index contributed by atoms with van der Waals surface area (Å²) in [5.41, 5.74) is 5.37. The Morgan fingerprint density at radius 2 is 0.949 bits per heavy atom. The zero-order chi connectivity index (χ0) is 43.0. The first kappa shape index (κ1) is 56.2. The van der Waals surface area contributed by atoms with E-state index in [-0.39, 0.29) is 38.8 Å². The van der Waals surface area contributed by atoms with Gasteiger partial charge in [0, 0.05) is 19.6 Å². The third-order valence-corrected chi connectivity index (χ3v) is 9.91. The molecule has 9 heteroatoms. The van der Waals surface area contributed by atoms with Crippen molar-refractivity contribution in [2.75, 3.05) is 33.0 Å². The molecule has 0 aliphatic heterocycles. The number of nitrogens with two attached hydrogens (primary N) is 1. The van der Waals surface area contributed by atoms with Crippen molar-refractivity contribution in [1.29, 1.82) is 0 Å². The van der Waals surface area contributed by atoms with E-state index in [0.717, 1.165) is 109 Å². The number of rotatable bonds is 42. The third kappa shape index (κ3) is 46.1. The molecule has 0 aromatic rings. The van der Waals surface area contributed by atoms with Crippen molar-refractivity contribution in [3.8, 4) is 0 Å². The maximum atomic E-state index is 12.6. The van der Waals surface area contributed by atoms with Crippen molar-refractivity contribution in [3.05, 3.63) is 109 Å². The Kier molecular flexibility index (Phi) is 44.0. The van der Waals surface area contributed by atoms with Crippen molar-refractivity contribution in [2.24, 2.45) is 5.73 Å². The number of esters is 1. The van der Waals surface area contributed by atoms with E-state index in [1.54, 1.807) is 0 Å². The molecule has 0 spiro atoms. The third-order valence-electron chi connectivity index (χ3n) is 8.92. The Hall–Kier alpha value is -2.84. The zero-order valence-electron chi connectivity index (χ0n) is 37.2. The predicted octanol–water partition coefficient (Wildman–Crippen LogP) is 14.0. The molecule has 8 nitrogen and oxygen atoms in total. The molecule has 0 aliphatic carbocycles. The lowest BCUT2D eigenvalue weighted by Gasteiger charge is -2.20. The van der Waals surface area contributed by atoms with Crippen LogP contribution in [0.5, 0.6) is 0 Å². The van der Waals surface area contributed by atoms with E-state index in [1.807, 2.05) is 0 Å². The topological polar surface area (TPSA) is 117 Å². The molecular formula is C50H84NO7P. The molecule has 0 rings (SSSR count). The molecule has 0 aliphatic rings. The van der Waals surface area contributed by atoms with Crippen LogP contribution in [0.4, 0.5) is 0 Å². The van der Waals surface area contributed by atoms with E-state index in [1.165, 1.54) is 32.1 Å². The van der Waals surface area contributed by atoms with Crippen LogP contribution in [-0.4, -0.2) is 49.9 Å². The Balaban J connectivity index is 4.16. The first-order chi connectivity index (χ1) is 28.9. The van der Waals surface area contributed by atoms with E-state index in [9.17, 15) is 14.3 Å². The number of allylic oxidation sites excluding steroid dienone is 18. The Morgan fingerprint density at radius 1 is 0.525 bits per heavy atom. The Labute approximate surface area is 361 Å². The first-order valence-electron chi connectivity index (χ1n) is 22.9. The van der Waals surface area contributed by atoms with Gasteiger partial charge in [0.05, 0.1) is 19.8 Å². The monoisotopic (exact) mass is 842 g/mol. The van der Waals surface area contributed by atoms with Crippen LogP contribution in [-0.2, 0) is 27.9 Å². The van der Waals surface area contributed by atoms with Crippen LogP contribution >= 0.6 is 7.82 Å². The van der Waals surface area contributed by atoms with Gasteiger partial charge in [0.15, 0.2) is 0 Å². The Bertz CT molecular complexity index is 1260. The standard InChI is InChI=1S/C50H84NO7P/c1-3-5-7-9-11-13-15-17-19-21-22-23-24-25-26-27-28-30-32-34-36-38-40-42-45-55-47-49(48-57-59(53,54)56-46-44-51)58-50(52)43-41-39-37-35-33-31-29-20-18-16-14-12-10-8-6-4-2/h5,7,11,13-14,16-17,19-20,22-23,25-26,28-30,34,36,49H,3-4,6,8-10,12,15,18,21,24,27,31-33,35,37-48,51H2,1-2H3,(H,53,54)/b7-5-,13-11-,16-14-,19-17-,23-22-,26-25-,29-20-,30-28-,36-34-. The number of hydrogen-bond acceptors (Lipinski definition) is 7. The fourth-order valence-electron chi connectivity index (χ4n) is 5.59. The maximum absolute atomic E-state index is 12.6. The van der Waals surface area contributed by atoms with Crippen LogP contribution in [0, 0.1) is 0 Å². The number of ether oxygens (including phenoxy) is 2. The molecule has 59 heavy (non-hydrogen) atoms. The van der Waals surface area contributed by atoms with E-state index in [2.05, 4.69) is 123 Å². The van der Waals surface area contributed by atoms with Crippen LogP contribution in [0.1, 0.15) is 162 Å². The van der Waals surface area contributed by atoms with Gasteiger partial charge in [0.25, 0.3) is 0 Å². The largest absolute Gasteiger partial charge is 0.472 e. The molecular weight excluding hydrogens is 758 g/mol. The summed E-state index contributed by atoms with van der Waals surface area (Å²) in [6.45, 7) is 4.62. The molecule has 3 N–H and O–H groups in total. The van der Waals surface area contributed by atoms with Gasteiger partial charge in [-0.15, -0.1) is 0 Å². The van der Waals surface area contributed by atoms with Gasteiger partial charge in [-0.05, 0) is 103 Å². The first-order valence-corrected chi connectivity index (χ1v) is 24.4. The number of carbonyl (C=O) groups is 1. The molecule has 0 bridgehead atoms. The maximum Gasteiger partial charge on any atom is 0.472 e. The van der Waals surface area contributed by atoms with Crippen molar-refractivity contribution < 1.29 is 32.8 Å². The van der Waals surface area contributed by atoms with Gasteiger partial charge < -0.3 is 20.1 Å². The van der Waals surface area contributed by atoms with Gasteiger partial charge in [-0.1, -0.05) is 162 Å². The highest BCUT2D eigenvalue weighted by atomic mass is 31.2. The zero-order valence-corrected chi connectivity index (χ0v) is 38.1. The lowest BCUT2D eigenvalue weighted by molar-refractivity contribution is -0.154. The van der Waals surface area contributed by atoms with E-state index in [4.69, 9.17) is 24.3 Å². The number of carbonyl (C=O) groups excluding carboxylic acids is 1. The predicted molar refractivity (Wildman–Crippen MR) is 251 cm³/mol. The van der Waals surface area contributed by atoms with Gasteiger partial charge in [-0.3, -0.25) is 13.8 Å².